The van der Waals surface area contributed by atoms with Gasteiger partial charge in [-0.3, -0.25) is 4.79 Å². The molecule has 0 heterocycles. The number of hydrogen-bond donors (Lipinski definition) is 1. The second-order valence-corrected chi connectivity index (χ2v) is 5.95. The third-order valence-corrected chi connectivity index (χ3v) is 4.09. The van der Waals surface area contributed by atoms with Crippen LogP contribution in [0.15, 0.2) is 54.6 Å². The van der Waals surface area contributed by atoms with Crippen molar-refractivity contribution in [3.63, 3.8) is 0 Å². The van der Waals surface area contributed by atoms with E-state index in [0.717, 1.165) is 23.3 Å². The van der Waals surface area contributed by atoms with E-state index in [1.807, 2.05) is 54.6 Å². The first-order valence-electron chi connectivity index (χ1n) is 8.09. The molecule has 0 amide bonds. The van der Waals surface area contributed by atoms with Crippen molar-refractivity contribution < 1.29 is 14.6 Å². The van der Waals surface area contributed by atoms with E-state index in [1.165, 1.54) is 0 Å². The molecular weight excluding hydrogens is 299 g/mol. The minimum Gasteiger partial charge on any atom is -0.493 e. The van der Waals surface area contributed by atoms with Crippen LogP contribution in [0.1, 0.15) is 43.7 Å². The van der Waals surface area contributed by atoms with Crippen LogP contribution in [0, 0.1) is 5.92 Å². The van der Waals surface area contributed by atoms with Crippen LogP contribution in [-0.2, 0) is 4.79 Å². The third-order valence-electron chi connectivity index (χ3n) is 4.09. The van der Waals surface area contributed by atoms with Gasteiger partial charge in [0, 0.05) is 14.3 Å². The summed E-state index contributed by atoms with van der Waals surface area (Å²) in [6, 6.07) is 17.5. The Kier molecular flexibility index (Phi) is 8.10. The smallest absolute Gasteiger partial charge is 0.304 e. The van der Waals surface area contributed by atoms with Gasteiger partial charge in [-0.05, 0) is 29.2 Å². The van der Waals surface area contributed by atoms with Crippen molar-refractivity contribution in [2.45, 2.75) is 32.6 Å². The molecule has 0 aliphatic rings. The van der Waals surface area contributed by atoms with Gasteiger partial charge in [0.1, 0.15) is 5.75 Å². The number of carboxylic acids is 1. The predicted molar refractivity (Wildman–Crippen MR) is 97.7 cm³/mol. The first kappa shape index (κ1) is 19.8. The number of hydrogen-bond acceptors (Lipinski definition) is 2. The number of benzene rings is 2. The first-order valence-corrected chi connectivity index (χ1v) is 8.09. The molecule has 3 radical (unpaired) electrons. The number of carboxylic acid groups (broad SMARTS) is 1. The molecule has 1 unspecified atom stereocenters. The maximum Gasteiger partial charge on any atom is 0.304 e. The van der Waals surface area contributed by atoms with Crippen LogP contribution in [0.5, 0.6) is 5.75 Å². The van der Waals surface area contributed by atoms with E-state index in [-0.39, 0.29) is 20.8 Å². The average Bonchev–Trinajstić information content (AvgIpc) is 2.58. The van der Waals surface area contributed by atoms with Gasteiger partial charge in [-0.1, -0.05) is 62.7 Å². The van der Waals surface area contributed by atoms with Crippen LogP contribution < -0.4 is 4.74 Å². The Bertz CT molecular complexity index is 611. The standard InChI is InChI=1S/C20H24O3.B/c1-3-15(2)14-23-18-11-9-17(10-12-18)19(13-20(21)22)16-7-5-4-6-8-16;/h4-12,15,19H,3,13-14H2,1-2H3,(H,21,22);/t15-,19?;/m0./s1. The molecule has 0 aliphatic carbocycles. The average molecular weight is 323 g/mol. The quantitative estimate of drug-likeness (QED) is 0.735. The van der Waals surface area contributed by atoms with Gasteiger partial charge >= 0.3 is 5.97 Å². The molecular formula is C20H24BO3. The fourth-order valence-electron chi connectivity index (χ4n) is 2.44. The Hall–Kier alpha value is -2.23. The molecule has 1 N–H and O–H groups in total. The maximum atomic E-state index is 11.2. The van der Waals surface area contributed by atoms with Gasteiger partial charge in [0.2, 0.25) is 0 Å². The predicted octanol–water partition coefficient (Wildman–Crippen LogP) is 4.34. The largest absolute Gasteiger partial charge is 0.493 e. The highest BCUT2D eigenvalue weighted by molar-refractivity contribution is 5.75. The molecule has 0 aromatic heterocycles. The molecule has 0 fully saturated rings. The number of rotatable bonds is 8. The molecule has 0 spiro atoms. The minimum absolute atomic E-state index is 0. The fourth-order valence-corrected chi connectivity index (χ4v) is 2.44. The molecule has 2 atom stereocenters. The molecule has 125 valence electrons. The number of carbonyl (C=O) groups is 1. The van der Waals surface area contributed by atoms with Crippen LogP contribution in [0.25, 0.3) is 0 Å². The Balaban J connectivity index is 0.00000288. The topological polar surface area (TPSA) is 46.5 Å². The van der Waals surface area contributed by atoms with Gasteiger partial charge in [-0.15, -0.1) is 0 Å². The van der Waals surface area contributed by atoms with Gasteiger partial charge in [0.05, 0.1) is 13.0 Å². The maximum absolute atomic E-state index is 11.2. The van der Waals surface area contributed by atoms with E-state index < -0.39 is 5.97 Å². The van der Waals surface area contributed by atoms with Crippen LogP contribution >= 0.6 is 0 Å². The highest BCUT2D eigenvalue weighted by atomic mass is 16.5. The second kappa shape index (κ2) is 9.81. The SMILES string of the molecule is CC[C@H](C)COc1ccc(C(CC(=O)O)c2ccccc2)cc1.[B]. The summed E-state index contributed by atoms with van der Waals surface area (Å²) in [5.74, 6) is 0.420. The van der Waals surface area contributed by atoms with Crippen molar-refractivity contribution in [1.29, 1.82) is 0 Å². The Morgan fingerprint density at radius 2 is 1.62 bits per heavy atom. The van der Waals surface area contributed by atoms with Gasteiger partial charge in [-0.2, -0.15) is 0 Å². The number of aliphatic carboxylic acids is 1. The molecule has 2 rings (SSSR count). The lowest BCUT2D eigenvalue weighted by Crippen LogP contribution is -2.09. The second-order valence-electron chi connectivity index (χ2n) is 5.95. The van der Waals surface area contributed by atoms with Gasteiger partial charge in [-0.25, -0.2) is 0 Å². The van der Waals surface area contributed by atoms with Crippen molar-refractivity contribution in [2.75, 3.05) is 6.61 Å². The molecule has 0 aliphatic heterocycles. The van der Waals surface area contributed by atoms with E-state index in [9.17, 15) is 9.90 Å². The fraction of sp³-hybridized carbons (Fsp3) is 0.350. The lowest BCUT2D eigenvalue weighted by Gasteiger charge is -2.17. The highest BCUT2D eigenvalue weighted by Crippen LogP contribution is 2.29. The zero-order valence-corrected chi connectivity index (χ0v) is 14.3. The summed E-state index contributed by atoms with van der Waals surface area (Å²) in [5.41, 5.74) is 2.01. The van der Waals surface area contributed by atoms with E-state index in [4.69, 9.17) is 4.74 Å². The van der Waals surface area contributed by atoms with E-state index in [2.05, 4.69) is 13.8 Å². The molecule has 4 heteroatoms. The van der Waals surface area contributed by atoms with Crippen LogP contribution in [0.4, 0.5) is 0 Å². The van der Waals surface area contributed by atoms with Gasteiger partial charge in [0.15, 0.2) is 0 Å². The Morgan fingerprint density at radius 1 is 1.04 bits per heavy atom. The lowest BCUT2D eigenvalue weighted by atomic mass is 9.88. The summed E-state index contributed by atoms with van der Waals surface area (Å²) in [5, 5.41) is 9.21. The molecule has 2 aromatic carbocycles. The summed E-state index contributed by atoms with van der Waals surface area (Å²) in [4.78, 5) is 11.2. The van der Waals surface area contributed by atoms with Crippen molar-refractivity contribution in [3.05, 3.63) is 65.7 Å². The summed E-state index contributed by atoms with van der Waals surface area (Å²) in [6.07, 6.45) is 1.17. The van der Waals surface area contributed by atoms with Crippen LogP contribution in [0.2, 0.25) is 0 Å². The Labute approximate surface area is 146 Å². The third kappa shape index (κ3) is 5.76. The lowest BCUT2D eigenvalue weighted by molar-refractivity contribution is -0.137. The van der Waals surface area contributed by atoms with E-state index >= 15 is 0 Å². The molecule has 2 aromatic rings. The summed E-state index contributed by atoms with van der Waals surface area (Å²) in [7, 11) is 0. The summed E-state index contributed by atoms with van der Waals surface area (Å²) < 4.78 is 5.76. The van der Waals surface area contributed by atoms with Crippen LogP contribution in [-0.4, -0.2) is 26.1 Å². The molecule has 24 heavy (non-hydrogen) atoms. The Morgan fingerprint density at radius 3 is 2.17 bits per heavy atom. The van der Waals surface area contributed by atoms with Crippen LogP contribution in [0.3, 0.4) is 0 Å². The minimum atomic E-state index is -0.795. The zero-order valence-electron chi connectivity index (χ0n) is 14.3. The number of ether oxygens (including phenoxy) is 1. The summed E-state index contributed by atoms with van der Waals surface area (Å²) >= 11 is 0. The molecule has 0 saturated carbocycles. The molecule has 3 nitrogen and oxygen atoms in total. The zero-order chi connectivity index (χ0) is 16.7. The van der Waals surface area contributed by atoms with Crippen molar-refractivity contribution in [1.82, 2.24) is 0 Å². The monoisotopic (exact) mass is 323 g/mol. The van der Waals surface area contributed by atoms with E-state index in [0.29, 0.717) is 12.5 Å². The van der Waals surface area contributed by atoms with Gasteiger partial charge < -0.3 is 9.84 Å². The van der Waals surface area contributed by atoms with Gasteiger partial charge in [0.25, 0.3) is 0 Å². The van der Waals surface area contributed by atoms with Crippen molar-refractivity contribution >= 4 is 14.4 Å². The molecule has 0 saturated heterocycles. The molecule has 0 bridgehead atoms. The normalized spacial score (nSPS) is 12.8. The first-order chi connectivity index (χ1) is 11.1. The van der Waals surface area contributed by atoms with Crippen molar-refractivity contribution in [2.24, 2.45) is 5.92 Å². The summed E-state index contributed by atoms with van der Waals surface area (Å²) in [6.45, 7) is 5.01. The van der Waals surface area contributed by atoms with E-state index in [1.54, 1.807) is 0 Å². The highest BCUT2D eigenvalue weighted by Gasteiger charge is 2.17. The van der Waals surface area contributed by atoms with Crippen molar-refractivity contribution in [3.8, 4) is 5.75 Å².